The maximum atomic E-state index is 4.46. The number of anilines is 1. The number of aryl methyl sites for hydroxylation is 1. The molecule has 0 atom stereocenters. The van der Waals surface area contributed by atoms with Crippen LogP contribution in [0, 0.1) is 6.92 Å². The molecule has 0 saturated carbocycles. The van der Waals surface area contributed by atoms with Crippen molar-refractivity contribution in [3.8, 4) is 0 Å². The van der Waals surface area contributed by atoms with Crippen LogP contribution in [0.2, 0.25) is 0 Å². The Bertz CT molecular complexity index is 509. The summed E-state index contributed by atoms with van der Waals surface area (Å²) in [5, 5.41) is 3.36. The van der Waals surface area contributed by atoms with Crippen molar-refractivity contribution in [1.82, 2.24) is 4.98 Å². The van der Waals surface area contributed by atoms with Crippen LogP contribution < -0.4 is 5.32 Å². The first-order valence-electron chi connectivity index (χ1n) is 6.41. The molecule has 3 heteroatoms. The van der Waals surface area contributed by atoms with E-state index in [4.69, 9.17) is 0 Å². The van der Waals surface area contributed by atoms with E-state index >= 15 is 0 Å². The molecule has 0 spiro atoms. The minimum absolute atomic E-state index is 0. The van der Waals surface area contributed by atoms with E-state index < -0.39 is 0 Å². The molecule has 0 unspecified atom stereocenters. The number of rotatable bonds is 4. The average Bonchev–Trinajstić information content (AvgIpc) is 2.37. The molecule has 0 fully saturated rings. The number of hydrogen-bond donors (Lipinski definition) is 1. The Morgan fingerprint density at radius 3 is 2.42 bits per heavy atom. The van der Waals surface area contributed by atoms with Crippen LogP contribution in [0.25, 0.3) is 0 Å². The highest BCUT2D eigenvalue weighted by Gasteiger charge is 2.04. The topological polar surface area (TPSA) is 24.9 Å². The minimum Gasteiger partial charge on any atom is -0.366 e. The molecule has 1 N–H and O–H groups in total. The minimum atomic E-state index is 0. The van der Waals surface area contributed by atoms with Crippen molar-refractivity contribution in [2.75, 3.05) is 5.32 Å². The van der Waals surface area contributed by atoms with Gasteiger partial charge in [0.15, 0.2) is 0 Å². The Morgan fingerprint density at radius 1 is 1.16 bits per heavy atom. The molecule has 1 aromatic carbocycles. The van der Waals surface area contributed by atoms with Crippen molar-refractivity contribution in [1.29, 1.82) is 0 Å². The van der Waals surface area contributed by atoms with E-state index in [0.717, 1.165) is 12.4 Å². The zero-order valence-electron chi connectivity index (χ0n) is 11.7. The highest BCUT2D eigenvalue weighted by atomic mass is 35.5. The fraction of sp³-hybridized carbons (Fsp3) is 0.312. The molecule has 19 heavy (non-hydrogen) atoms. The zero-order chi connectivity index (χ0) is 13.0. The number of nitrogens with zero attached hydrogens (tertiary/aromatic N) is 1. The molecule has 2 rings (SSSR count). The third-order valence-electron chi connectivity index (χ3n) is 3.09. The fourth-order valence-electron chi connectivity index (χ4n) is 2.06. The first kappa shape index (κ1) is 15.5. The van der Waals surface area contributed by atoms with E-state index in [-0.39, 0.29) is 12.4 Å². The van der Waals surface area contributed by atoms with E-state index in [0.29, 0.717) is 5.92 Å². The number of benzene rings is 1. The third-order valence-corrected chi connectivity index (χ3v) is 3.09. The molecule has 2 nitrogen and oxygen atoms in total. The van der Waals surface area contributed by atoms with Crippen LogP contribution in [0.4, 0.5) is 5.82 Å². The Morgan fingerprint density at radius 2 is 1.84 bits per heavy atom. The highest BCUT2D eigenvalue weighted by molar-refractivity contribution is 5.85. The van der Waals surface area contributed by atoms with Gasteiger partial charge in [-0.05, 0) is 35.6 Å². The van der Waals surface area contributed by atoms with E-state index in [2.05, 4.69) is 61.4 Å². The van der Waals surface area contributed by atoms with Crippen LogP contribution in [-0.4, -0.2) is 4.98 Å². The maximum absolute atomic E-state index is 4.46. The molecule has 2 aromatic rings. The van der Waals surface area contributed by atoms with Gasteiger partial charge in [0.25, 0.3) is 0 Å². The van der Waals surface area contributed by atoms with E-state index in [9.17, 15) is 0 Å². The second-order valence-corrected chi connectivity index (χ2v) is 4.92. The van der Waals surface area contributed by atoms with Crippen molar-refractivity contribution >= 4 is 18.2 Å². The Kier molecular flexibility index (Phi) is 5.84. The molecule has 0 aliphatic carbocycles. The smallest absolute Gasteiger partial charge is 0.126 e. The van der Waals surface area contributed by atoms with Gasteiger partial charge in [0, 0.05) is 12.7 Å². The van der Waals surface area contributed by atoms with Crippen LogP contribution in [0.15, 0.2) is 42.6 Å². The molecule has 1 heterocycles. The van der Waals surface area contributed by atoms with Crippen LogP contribution >= 0.6 is 12.4 Å². The Labute approximate surface area is 121 Å². The predicted octanol–water partition coefficient (Wildman–Crippen LogP) is 4.55. The lowest BCUT2D eigenvalue weighted by molar-refractivity contribution is 0.847. The van der Waals surface area contributed by atoms with E-state index in [1.54, 1.807) is 0 Å². The second-order valence-electron chi connectivity index (χ2n) is 4.92. The molecule has 0 saturated heterocycles. The van der Waals surface area contributed by atoms with Crippen molar-refractivity contribution in [2.24, 2.45) is 0 Å². The predicted molar refractivity (Wildman–Crippen MR) is 84.1 cm³/mol. The van der Waals surface area contributed by atoms with Crippen LogP contribution in [0.3, 0.4) is 0 Å². The molecule has 0 aliphatic heterocycles. The van der Waals surface area contributed by atoms with Gasteiger partial charge in [0.2, 0.25) is 0 Å². The summed E-state index contributed by atoms with van der Waals surface area (Å²) >= 11 is 0. The van der Waals surface area contributed by atoms with E-state index in [1.165, 1.54) is 16.7 Å². The highest BCUT2D eigenvalue weighted by Crippen LogP contribution is 2.20. The number of nitrogens with one attached hydrogen (secondary N) is 1. The zero-order valence-corrected chi connectivity index (χ0v) is 12.5. The second kappa shape index (κ2) is 7.15. The lowest BCUT2D eigenvalue weighted by Crippen LogP contribution is -2.03. The van der Waals surface area contributed by atoms with Crippen molar-refractivity contribution in [3.05, 3.63) is 59.3 Å². The lowest BCUT2D eigenvalue weighted by atomic mass is 10.0. The van der Waals surface area contributed by atoms with Crippen LogP contribution in [0.5, 0.6) is 0 Å². The normalized spacial score (nSPS) is 10.1. The summed E-state index contributed by atoms with van der Waals surface area (Å²) in [6.45, 7) is 7.35. The average molecular weight is 277 g/mol. The standard InChI is InChI=1S/C16H20N2.ClH/c1-12(2)15-11-18-16(9-13(15)3)17-10-14-7-5-4-6-8-14;/h4-9,11-12H,10H2,1-3H3,(H,17,18);1H. The van der Waals surface area contributed by atoms with Crippen molar-refractivity contribution < 1.29 is 0 Å². The maximum Gasteiger partial charge on any atom is 0.126 e. The molecular formula is C16H21ClN2. The Hall–Kier alpha value is -1.54. The molecule has 0 radical (unpaired) electrons. The summed E-state index contributed by atoms with van der Waals surface area (Å²) in [4.78, 5) is 4.46. The number of hydrogen-bond acceptors (Lipinski definition) is 2. The number of halogens is 1. The van der Waals surface area contributed by atoms with Gasteiger partial charge in [-0.1, -0.05) is 44.2 Å². The number of aromatic nitrogens is 1. The summed E-state index contributed by atoms with van der Waals surface area (Å²) in [6, 6.07) is 12.5. The molecule has 102 valence electrons. The molecule has 1 aromatic heterocycles. The summed E-state index contributed by atoms with van der Waals surface area (Å²) in [5.74, 6) is 1.47. The van der Waals surface area contributed by atoms with Gasteiger partial charge < -0.3 is 5.32 Å². The van der Waals surface area contributed by atoms with Gasteiger partial charge in [-0.25, -0.2) is 4.98 Å². The Balaban J connectivity index is 0.00000180. The quantitative estimate of drug-likeness (QED) is 0.886. The van der Waals surface area contributed by atoms with Gasteiger partial charge >= 0.3 is 0 Å². The van der Waals surface area contributed by atoms with Crippen molar-refractivity contribution in [3.63, 3.8) is 0 Å². The lowest BCUT2D eigenvalue weighted by Gasteiger charge is -2.11. The first-order chi connectivity index (χ1) is 8.66. The van der Waals surface area contributed by atoms with Gasteiger partial charge in [-0.15, -0.1) is 12.4 Å². The van der Waals surface area contributed by atoms with E-state index in [1.807, 2.05) is 12.3 Å². The third kappa shape index (κ3) is 4.25. The van der Waals surface area contributed by atoms with Gasteiger partial charge in [0.05, 0.1) is 0 Å². The van der Waals surface area contributed by atoms with Gasteiger partial charge in [0.1, 0.15) is 5.82 Å². The fourth-order valence-corrected chi connectivity index (χ4v) is 2.06. The van der Waals surface area contributed by atoms with Gasteiger partial charge in [-0.3, -0.25) is 0 Å². The van der Waals surface area contributed by atoms with Crippen molar-refractivity contribution in [2.45, 2.75) is 33.2 Å². The first-order valence-corrected chi connectivity index (χ1v) is 6.41. The summed E-state index contributed by atoms with van der Waals surface area (Å²) in [6.07, 6.45) is 1.98. The summed E-state index contributed by atoms with van der Waals surface area (Å²) < 4.78 is 0. The molecule has 0 bridgehead atoms. The largest absolute Gasteiger partial charge is 0.366 e. The monoisotopic (exact) mass is 276 g/mol. The molecular weight excluding hydrogens is 256 g/mol. The number of pyridine rings is 1. The van der Waals surface area contributed by atoms with Crippen LogP contribution in [-0.2, 0) is 6.54 Å². The van der Waals surface area contributed by atoms with Crippen LogP contribution in [0.1, 0.15) is 36.5 Å². The summed E-state index contributed by atoms with van der Waals surface area (Å²) in [7, 11) is 0. The molecule has 0 amide bonds. The molecule has 0 aliphatic rings. The van der Waals surface area contributed by atoms with Gasteiger partial charge in [-0.2, -0.15) is 0 Å². The summed E-state index contributed by atoms with van der Waals surface area (Å²) in [5.41, 5.74) is 3.89. The SMILES string of the molecule is Cc1cc(NCc2ccccc2)ncc1C(C)C.Cl.